The van der Waals surface area contributed by atoms with Crippen LogP contribution in [0.1, 0.15) is 28.5 Å². The number of carbonyl (C=O) groups is 2. The minimum atomic E-state index is -0.629. The Kier molecular flexibility index (Phi) is 6.29. The molecular weight excluding hydrogens is 372 g/mol. The van der Waals surface area contributed by atoms with Crippen molar-refractivity contribution in [1.82, 2.24) is 10.3 Å². The SMILES string of the molecule is COC(=O)CC(NC(=O)c1nccc2ccccc12)c1ccc(OC)c(OC)c1. The zero-order chi connectivity index (χ0) is 20.8. The predicted molar refractivity (Wildman–Crippen MR) is 108 cm³/mol. The number of fused-ring (bicyclic) bond motifs is 1. The van der Waals surface area contributed by atoms with E-state index < -0.39 is 12.0 Å². The first kappa shape index (κ1) is 20.1. The number of methoxy groups -OCH3 is 3. The molecule has 3 aromatic rings. The van der Waals surface area contributed by atoms with Crippen molar-refractivity contribution >= 4 is 22.6 Å². The van der Waals surface area contributed by atoms with Crippen LogP contribution in [0.4, 0.5) is 0 Å². The van der Waals surface area contributed by atoms with Gasteiger partial charge in [0.1, 0.15) is 5.69 Å². The number of esters is 1. The number of ether oxygens (including phenoxy) is 3. The van der Waals surface area contributed by atoms with E-state index in [0.29, 0.717) is 22.8 Å². The number of amides is 1. The van der Waals surface area contributed by atoms with Crippen molar-refractivity contribution in [3.05, 3.63) is 66.0 Å². The number of benzene rings is 2. The summed E-state index contributed by atoms with van der Waals surface area (Å²) in [4.78, 5) is 29.2. The van der Waals surface area contributed by atoms with Gasteiger partial charge in [0.05, 0.1) is 33.8 Å². The van der Waals surface area contributed by atoms with Crippen LogP contribution < -0.4 is 14.8 Å². The van der Waals surface area contributed by atoms with Crippen LogP contribution in [-0.4, -0.2) is 38.2 Å². The van der Waals surface area contributed by atoms with Gasteiger partial charge >= 0.3 is 5.97 Å². The van der Waals surface area contributed by atoms with E-state index in [1.54, 1.807) is 24.4 Å². The number of aromatic nitrogens is 1. The van der Waals surface area contributed by atoms with Crippen LogP contribution in [0.3, 0.4) is 0 Å². The number of nitrogens with one attached hydrogen (secondary N) is 1. The summed E-state index contributed by atoms with van der Waals surface area (Å²) in [6, 6.07) is 13.9. The molecule has 1 heterocycles. The van der Waals surface area contributed by atoms with Crippen molar-refractivity contribution in [3.63, 3.8) is 0 Å². The Morgan fingerprint density at radius 1 is 1.00 bits per heavy atom. The van der Waals surface area contributed by atoms with Gasteiger partial charge < -0.3 is 19.5 Å². The van der Waals surface area contributed by atoms with Crippen molar-refractivity contribution in [2.24, 2.45) is 0 Å². The molecule has 0 spiro atoms. The van der Waals surface area contributed by atoms with Gasteiger partial charge in [-0.25, -0.2) is 0 Å². The Labute approximate surface area is 168 Å². The van der Waals surface area contributed by atoms with E-state index in [2.05, 4.69) is 10.3 Å². The summed E-state index contributed by atoms with van der Waals surface area (Å²) in [5.41, 5.74) is 0.972. The van der Waals surface area contributed by atoms with Crippen molar-refractivity contribution in [2.75, 3.05) is 21.3 Å². The van der Waals surface area contributed by atoms with Gasteiger partial charge in [-0.05, 0) is 29.1 Å². The summed E-state index contributed by atoms with van der Waals surface area (Å²) in [7, 11) is 4.37. The molecule has 7 heteroatoms. The average molecular weight is 394 g/mol. The molecule has 3 rings (SSSR count). The van der Waals surface area contributed by atoms with E-state index in [0.717, 1.165) is 10.8 Å². The quantitative estimate of drug-likeness (QED) is 0.619. The van der Waals surface area contributed by atoms with E-state index in [9.17, 15) is 9.59 Å². The minimum absolute atomic E-state index is 0.0392. The van der Waals surface area contributed by atoms with Crippen molar-refractivity contribution < 1.29 is 23.8 Å². The number of pyridine rings is 1. The van der Waals surface area contributed by atoms with Crippen LogP contribution in [0.5, 0.6) is 11.5 Å². The van der Waals surface area contributed by atoms with Crippen LogP contribution >= 0.6 is 0 Å². The van der Waals surface area contributed by atoms with Gasteiger partial charge in [-0.3, -0.25) is 14.6 Å². The first-order chi connectivity index (χ1) is 14.1. The van der Waals surface area contributed by atoms with E-state index >= 15 is 0 Å². The maximum atomic E-state index is 13.0. The summed E-state index contributed by atoms with van der Waals surface area (Å²) in [6.45, 7) is 0. The first-order valence-corrected chi connectivity index (χ1v) is 9.00. The Morgan fingerprint density at radius 3 is 2.48 bits per heavy atom. The molecule has 0 saturated carbocycles. The van der Waals surface area contributed by atoms with Gasteiger partial charge in [-0.1, -0.05) is 30.3 Å². The second kappa shape index (κ2) is 9.05. The first-order valence-electron chi connectivity index (χ1n) is 9.00. The number of carbonyl (C=O) groups excluding carboxylic acids is 2. The van der Waals surface area contributed by atoms with Crippen LogP contribution in [0.15, 0.2) is 54.7 Å². The number of hydrogen-bond donors (Lipinski definition) is 1. The molecule has 29 heavy (non-hydrogen) atoms. The van der Waals surface area contributed by atoms with E-state index in [1.807, 2.05) is 30.3 Å². The van der Waals surface area contributed by atoms with Crippen molar-refractivity contribution in [1.29, 1.82) is 0 Å². The summed E-state index contributed by atoms with van der Waals surface area (Å²) in [5, 5.41) is 4.54. The molecule has 0 aliphatic carbocycles. The fourth-order valence-electron chi connectivity index (χ4n) is 3.10. The number of hydrogen-bond acceptors (Lipinski definition) is 6. The van der Waals surface area contributed by atoms with Crippen LogP contribution in [0.2, 0.25) is 0 Å². The van der Waals surface area contributed by atoms with Gasteiger partial charge in [0.25, 0.3) is 5.91 Å². The molecule has 0 aliphatic rings. The van der Waals surface area contributed by atoms with Crippen LogP contribution in [-0.2, 0) is 9.53 Å². The van der Waals surface area contributed by atoms with Gasteiger partial charge in [-0.2, -0.15) is 0 Å². The van der Waals surface area contributed by atoms with Crippen LogP contribution in [0.25, 0.3) is 10.8 Å². The lowest BCUT2D eigenvalue weighted by Crippen LogP contribution is -2.31. The van der Waals surface area contributed by atoms with Crippen LogP contribution in [0, 0.1) is 0 Å². The lowest BCUT2D eigenvalue weighted by atomic mass is 10.0. The minimum Gasteiger partial charge on any atom is -0.493 e. The molecule has 7 nitrogen and oxygen atoms in total. The van der Waals surface area contributed by atoms with Crippen molar-refractivity contribution in [2.45, 2.75) is 12.5 Å². The van der Waals surface area contributed by atoms with E-state index in [-0.39, 0.29) is 12.3 Å². The third kappa shape index (κ3) is 4.45. The second-order valence-corrected chi connectivity index (χ2v) is 6.30. The third-order valence-corrected chi connectivity index (χ3v) is 4.60. The zero-order valence-electron chi connectivity index (χ0n) is 16.5. The number of rotatable bonds is 7. The highest BCUT2D eigenvalue weighted by molar-refractivity contribution is 6.05. The highest BCUT2D eigenvalue weighted by Crippen LogP contribution is 2.31. The molecule has 0 radical (unpaired) electrons. The topological polar surface area (TPSA) is 86.8 Å². The summed E-state index contributed by atoms with van der Waals surface area (Å²) in [5.74, 6) is 0.217. The fourth-order valence-corrected chi connectivity index (χ4v) is 3.10. The second-order valence-electron chi connectivity index (χ2n) is 6.30. The maximum Gasteiger partial charge on any atom is 0.307 e. The molecule has 1 aromatic heterocycles. The van der Waals surface area contributed by atoms with Gasteiger partial charge in [-0.15, -0.1) is 0 Å². The normalized spacial score (nSPS) is 11.6. The molecule has 1 amide bonds. The smallest absolute Gasteiger partial charge is 0.307 e. The largest absolute Gasteiger partial charge is 0.493 e. The Morgan fingerprint density at radius 2 is 1.76 bits per heavy atom. The third-order valence-electron chi connectivity index (χ3n) is 4.60. The molecule has 150 valence electrons. The summed E-state index contributed by atoms with van der Waals surface area (Å²) < 4.78 is 15.4. The molecule has 1 N–H and O–H groups in total. The lowest BCUT2D eigenvalue weighted by Gasteiger charge is -2.20. The highest BCUT2D eigenvalue weighted by Gasteiger charge is 2.22. The Hall–Kier alpha value is -3.61. The van der Waals surface area contributed by atoms with E-state index in [1.165, 1.54) is 21.3 Å². The summed E-state index contributed by atoms with van der Waals surface area (Å²) in [6.07, 6.45) is 1.55. The maximum absolute atomic E-state index is 13.0. The van der Waals surface area contributed by atoms with Gasteiger partial charge in [0.15, 0.2) is 11.5 Å². The predicted octanol–water partition coefficient (Wildman–Crippen LogP) is 3.29. The lowest BCUT2D eigenvalue weighted by molar-refractivity contribution is -0.141. The molecule has 1 unspecified atom stereocenters. The highest BCUT2D eigenvalue weighted by atomic mass is 16.5. The Balaban J connectivity index is 1.95. The van der Waals surface area contributed by atoms with Gasteiger partial charge in [0.2, 0.25) is 0 Å². The average Bonchev–Trinajstić information content (AvgIpc) is 2.77. The fraction of sp³-hybridized carbons (Fsp3) is 0.227. The molecule has 0 fully saturated rings. The monoisotopic (exact) mass is 394 g/mol. The molecule has 0 aliphatic heterocycles. The van der Waals surface area contributed by atoms with Crippen molar-refractivity contribution in [3.8, 4) is 11.5 Å². The molecule has 0 saturated heterocycles. The van der Waals surface area contributed by atoms with Gasteiger partial charge in [0, 0.05) is 11.6 Å². The standard InChI is InChI=1S/C22H22N2O5/c1-27-18-9-8-15(12-19(18)28-2)17(13-20(25)29-3)24-22(26)21-16-7-5-4-6-14(16)10-11-23-21/h4-12,17H,13H2,1-3H3,(H,24,26). The molecular formula is C22H22N2O5. The number of nitrogens with zero attached hydrogens (tertiary/aromatic N) is 1. The molecule has 1 atom stereocenters. The molecule has 0 bridgehead atoms. The molecule has 2 aromatic carbocycles. The zero-order valence-corrected chi connectivity index (χ0v) is 16.5. The summed E-state index contributed by atoms with van der Waals surface area (Å²) >= 11 is 0. The Bertz CT molecular complexity index is 1030. The van der Waals surface area contributed by atoms with E-state index in [4.69, 9.17) is 14.2 Å².